The number of carbonyl (C=O) groups excluding carboxylic acids is 2. The fourth-order valence-electron chi connectivity index (χ4n) is 2.63. The van der Waals surface area contributed by atoms with E-state index in [0.29, 0.717) is 16.5 Å². The Labute approximate surface area is 119 Å². The summed E-state index contributed by atoms with van der Waals surface area (Å²) < 4.78 is 0. The van der Waals surface area contributed by atoms with Gasteiger partial charge in [0.1, 0.15) is 5.41 Å². The van der Waals surface area contributed by atoms with Gasteiger partial charge in [0.05, 0.1) is 0 Å². The average Bonchev–Trinajstić information content (AvgIpc) is 2.70. The number of alkyl halides is 1. The summed E-state index contributed by atoms with van der Waals surface area (Å²) in [4.78, 5) is 25.4. The minimum atomic E-state index is -1.11. The maximum atomic E-state index is 12.7. The van der Waals surface area contributed by atoms with Crippen LogP contribution in [0.1, 0.15) is 26.3 Å². The molecule has 19 heavy (non-hydrogen) atoms. The number of hydrogen-bond acceptors (Lipinski definition) is 2. The van der Waals surface area contributed by atoms with Gasteiger partial charge in [0.25, 0.3) is 0 Å². The first-order valence-electron chi connectivity index (χ1n) is 6.02. The third-order valence-electron chi connectivity index (χ3n) is 3.66. The van der Waals surface area contributed by atoms with Gasteiger partial charge < -0.3 is 0 Å². The molecule has 94 valence electrons. The summed E-state index contributed by atoms with van der Waals surface area (Å²) in [6, 6.07) is 16.3. The van der Waals surface area contributed by atoms with Crippen LogP contribution in [0.5, 0.6) is 0 Å². The van der Waals surface area contributed by atoms with E-state index in [0.717, 1.165) is 5.56 Å². The lowest BCUT2D eigenvalue weighted by Crippen LogP contribution is -2.40. The average molecular weight is 315 g/mol. The third-order valence-corrected chi connectivity index (χ3v) is 4.50. The van der Waals surface area contributed by atoms with Gasteiger partial charge in [-0.1, -0.05) is 70.5 Å². The zero-order valence-electron chi connectivity index (χ0n) is 10.1. The van der Waals surface area contributed by atoms with Crippen LogP contribution in [0.4, 0.5) is 0 Å². The molecule has 2 aromatic rings. The molecule has 0 aliphatic heterocycles. The topological polar surface area (TPSA) is 34.1 Å². The number of rotatable bonds is 2. The fraction of sp³-hybridized carbons (Fsp3) is 0.125. The van der Waals surface area contributed by atoms with Crippen molar-refractivity contribution in [1.82, 2.24) is 0 Å². The van der Waals surface area contributed by atoms with Crippen LogP contribution < -0.4 is 0 Å². The van der Waals surface area contributed by atoms with Crippen molar-refractivity contribution >= 4 is 27.5 Å². The molecule has 2 aromatic carbocycles. The highest BCUT2D eigenvalue weighted by molar-refractivity contribution is 9.09. The molecule has 0 N–H and O–H groups in total. The van der Waals surface area contributed by atoms with E-state index < -0.39 is 5.41 Å². The molecule has 0 aromatic heterocycles. The molecule has 0 saturated heterocycles. The van der Waals surface area contributed by atoms with Gasteiger partial charge in [0.15, 0.2) is 11.6 Å². The van der Waals surface area contributed by atoms with Gasteiger partial charge in [0.2, 0.25) is 0 Å². The summed E-state index contributed by atoms with van der Waals surface area (Å²) in [6.07, 6.45) is 0. The van der Waals surface area contributed by atoms with E-state index in [1.54, 1.807) is 24.3 Å². The van der Waals surface area contributed by atoms with Crippen LogP contribution in [-0.2, 0) is 5.41 Å². The SMILES string of the molecule is O=C1c2ccccc2C(=O)C1(CBr)c1ccccc1. The normalized spacial score (nSPS) is 16.5. The third kappa shape index (κ3) is 1.55. The molecule has 2 nitrogen and oxygen atoms in total. The zero-order chi connectivity index (χ0) is 13.5. The predicted molar refractivity (Wildman–Crippen MR) is 77.0 cm³/mol. The molecule has 0 spiro atoms. The first kappa shape index (κ1) is 12.3. The largest absolute Gasteiger partial charge is 0.293 e. The molecular weight excluding hydrogens is 304 g/mol. The van der Waals surface area contributed by atoms with Crippen molar-refractivity contribution in [3.8, 4) is 0 Å². The summed E-state index contributed by atoms with van der Waals surface area (Å²) in [6.45, 7) is 0. The van der Waals surface area contributed by atoms with Crippen molar-refractivity contribution in [3.05, 3.63) is 71.3 Å². The van der Waals surface area contributed by atoms with Crippen molar-refractivity contribution < 1.29 is 9.59 Å². The molecule has 0 radical (unpaired) electrons. The van der Waals surface area contributed by atoms with Crippen LogP contribution in [0.25, 0.3) is 0 Å². The zero-order valence-corrected chi connectivity index (χ0v) is 11.7. The van der Waals surface area contributed by atoms with E-state index in [1.807, 2.05) is 30.3 Å². The minimum absolute atomic E-state index is 0.115. The van der Waals surface area contributed by atoms with Crippen molar-refractivity contribution in [1.29, 1.82) is 0 Å². The van der Waals surface area contributed by atoms with Crippen LogP contribution in [0.15, 0.2) is 54.6 Å². The molecular formula is C16H11BrO2. The van der Waals surface area contributed by atoms with Gasteiger partial charge in [-0.25, -0.2) is 0 Å². The number of benzene rings is 2. The monoisotopic (exact) mass is 314 g/mol. The highest BCUT2D eigenvalue weighted by Crippen LogP contribution is 2.40. The Morgan fingerprint density at radius 2 is 1.26 bits per heavy atom. The number of hydrogen-bond donors (Lipinski definition) is 0. The molecule has 0 amide bonds. The molecule has 3 heteroatoms. The number of carbonyl (C=O) groups is 2. The Morgan fingerprint density at radius 3 is 1.74 bits per heavy atom. The van der Waals surface area contributed by atoms with E-state index in [2.05, 4.69) is 15.9 Å². The van der Waals surface area contributed by atoms with Gasteiger partial charge in [-0.3, -0.25) is 9.59 Å². The summed E-state index contributed by atoms with van der Waals surface area (Å²) >= 11 is 3.37. The van der Waals surface area contributed by atoms with E-state index in [9.17, 15) is 9.59 Å². The Balaban J connectivity index is 2.26. The first-order valence-corrected chi connectivity index (χ1v) is 7.14. The van der Waals surface area contributed by atoms with Crippen molar-refractivity contribution in [3.63, 3.8) is 0 Å². The van der Waals surface area contributed by atoms with Crippen LogP contribution in [0.2, 0.25) is 0 Å². The van der Waals surface area contributed by atoms with Crippen molar-refractivity contribution in [2.24, 2.45) is 0 Å². The molecule has 0 heterocycles. The Kier molecular flexibility index (Phi) is 2.86. The molecule has 0 saturated carbocycles. The second kappa shape index (κ2) is 4.42. The highest BCUT2D eigenvalue weighted by Gasteiger charge is 2.53. The molecule has 1 aliphatic rings. The second-order valence-corrected chi connectivity index (χ2v) is 5.17. The molecule has 1 aliphatic carbocycles. The Hall–Kier alpha value is -1.74. The molecule has 3 rings (SSSR count). The first-order chi connectivity index (χ1) is 9.21. The van der Waals surface area contributed by atoms with E-state index in [-0.39, 0.29) is 11.6 Å². The van der Waals surface area contributed by atoms with Gasteiger partial charge >= 0.3 is 0 Å². The quantitative estimate of drug-likeness (QED) is 0.629. The maximum Gasteiger partial charge on any atom is 0.182 e. The van der Waals surface area contributed by atoms with Crippen LogP contribution in [0.3, 0.4) is 0 Å². The lowest BCUT2D eigenvalue weighted by atomic mass is 9.78. The molecule has 0 bridgehead atoms. The van der Waals surface area contributed by atoms with Crippen molar-refractivity contribution in [2.45, 2.75) is 5.41 Å². The predicted octanol–water partition coefficient (Wildman–Crippen LogP) is 3.40. The van der Waals surface area contributed by atoms with Gasteiger partial charge in [-0.05, 0) is 5.56 Å². The molecule has 0 atom stereocenters. The summed E-state index contributed by atoms with van der Waals surface area (Å²) in [5, 5.41) is 0.302. The second-order valence-electron chi connectivity index (χ2n) is 4.61. The smallest absolute Gasteiger partial charge is 0.182 e. The summed E-state index contributed by atoms with van der Waals surface area (Å²) in [5.41, 5.74) is 0.690. The lowest BCUT2D eigenvalue weighted by Gasteiger charge is -2.23. The maximum absolute atomic E-state index is 12.7. The van der Waals surface area contributed by atoms with E-state index in [1.165, 1.54) is 0 Å². The fourth-order valence-corrected chi connectivity index (χ4v) is 3.46. The molecule has 0 fully saturated rings. The number of Topliss-reactive ketones (excluding diaryl/α,β-unsaturated/α-hetero) is 2. The highest BCUT2D eigenvalue weighted by atomic mass is 79.9. The number of halogens is 1. The van der Waals surface area contributed by atoms with Gasteiger partial charge in [-0.2, -0.15) is 0 Å². The molecule has 0 unspecified atom stereocenters. The van der Waals surface area contributed by atoms with Crippen LogP contribution in [0, 0.1) is 0 Å². The van der Waals surface area contributed by atoms with E-state index in [4.69, 9.17) is 0 Å². The summed E-state index contributed by atoms with van der Waals surface area (Å²) in [7, 11) is 0. The number of ketones is 2. The van der Waals surface area contributed by atoms with Crippen molar-refractivity contribution in [2.75, 3.05) is 5.33 Å². The summed E-state index contributed by atoms with van der Waals surface area (Å²) in [5.74, 6) is -0.229. The van der Waals surface area contributed by atoms with Crippen LogP contribution in [-0.4, -0.2) is 16.9 Å². The van der Waals surface area contributed by atoms with Gasteiger partial charge in [0, 0.05) is 16.5 Å². The lowest BCUT2D eigenvalue weighted by molar-refractivity contribution is 0.0816. The van der Waals surface area contributed by atoms with E-state index >= 15 is 0 Å². The van der Waals surface area contributed by atoms with Crippen LogP contribution >= 0.6 is 15.9 Å². The standard InChI is InChI=1S/C16H11BrO2/c17-10-16(11-6-2-1-3-7-11)14(18)12-8-4-5-9-13(12)15(16)19/h1-9H,10H2. The minimum Gasteiger partial charge on any atom is -0.293 e. The number of fused-ring (bicyclic) bond motifs is 1. The Bertz CT molecular complexity index is 626. The van der Waals surface area contributed by atoms with Gasteiger partial charge in [-0.15, -0.1) is 0 Å². The Morgan fingerprint density at radius 1 is 0.789 bits per heavy atom.